The minimum absolute atomic E-state index is 0.297. The third kappa shape index (κ3) is 6.19. The second-order valence-corrected chi connectivity index (χ2v) is 6.56. The van der Waals surface area contributed by atoms with Crippen LogP contribution >= 0.6 is 0 Å². The van der Waals surface area contributed by atoms with Crippen molar-refractivity contribution in [1.82, 2.24) is 10.9 Å². The van der Waals surface area contributed by atoms with Crippen LogP contribution in [0.4, 0.5) is 0 Å². The molecule has 0 bridgehead atoms. The van der Waals surface area contributed by atoms with Gasteiger partial charge < -0.3 is 14.2 Å². The molecule has 0 radical (unpaired) electrons. The van der Waals surface area contributed by atoms with E-state index in [0.717, 1.165) is 6.42 Å². The number of hydrogen-bond acceptors (Lipinski definition) is 5. The molecule has 2 N–H and O–H groups in total. The van der Waals surface area contributed by atoms with Crippen LogP contribution in [-0.2, 0) is 0 Å². The number of ether oxygens (including phenoxy) is 3. The first-order valence-corrected chi connectivity index (χ1v) is 8.99. The van der Waals surface area contributed by atoms with Crippen molar-refractivity contribution in [3.8, 4) is 17.2 Å². The Kier molecular flexibility index (Phi) is 7.68. The van der Waals surface area contributed by atoms with E-state index in [4.69, 9.17) is 14.2 Å². The van der Waals surface area contributed by atoms with Gasteiger partial charge in [-0.05, 0) is 48.7 Å². The first kappa shape index (κ1) is 21.1. The smallest absolute Gasteiger partial charge is 0.269 e. The number of nitrogens with one attached hydrogen (secondary N) is 2. The molecule has 0 aromatic heterocycles. The second-order valence-electron chi connectivity index (χ2n) is 6.56. The van der Waals surface area contributed by atoms with Crippen LogP contribution in [-0.4, -0.2) is 32.6 Å². The average Bonchev–Trinajstić information content (AvgIpc) is 2.71. The number of hydrazine groups is 1. The average molecular weight is 386 g/mol. The summed E-state index contributed by atoms with van der Waals surface area (Å²) in [6.07, 6.45) is 0.962. The Morgan fingerprint density at radius 3 is 1.86 bits per heavy atom. The van der Waals surface area contributed by atoms with E-state index in [1.165, 1.54) is 14.2 Å². The maximum Gasteiger partial charge on any atom is 0.269 e. The van der Waals surface area contributed by atoms with Gasteiger partial charge in [0.1, 0.15) is 17.2 Å². The summed E-state index contributed by atoms with van der Waals surface area (Å²) in [6, 6.07) is 11.5. The van der Waals surface area contributed by atoms with E-state index in [0.29, 0.717) is 40.9 Å². The summed E-state index contributed by atoms with van der Waals surface area (Å²) in [5.41, 5.74) is 5.47. The summed E-state index contributed by atoms with van der Waals surface area (Å²) in [4.78, 5) is 24.5. The van der Waals surface area contributed by atoms with E-state index in [1.807, 2.05) is 0 Å². The van der Waals surface area contributed by atoms with E-state index in [2.05, 4.69) is 24.7 Å². The van der Waals surface area contributed by atoms with Crippen LogP contribution in [0.3, 0.4) is 0 Å². The number of carbonyl (C=O) groups is 2. The molecule has 0 aliphatic heterocycles. The Labute approximate surface area is 165 Å². The van der Waals surface area contributed by atoms with Crippen molar-refractivity contribution in [1.29, 1.82) is 0 Å². The van der Waals surface area contributed by atoms with Crippen LogP contribution in [0, 0.1) is 5.92 Å². The fourth-order valence-electron chi connectivity index (χ4n) is 2.31. The van der Waals surface area contributed by atoms with Gasteiger partial charge in [0.2, 0.25) is 0 Å². The van der Waals surface area contributed by atoms with Crippen LogP contribution in [0.15, 0.2) is 42.5 Å². The maximum absolute atomic E-state index is 12.3. The molecular weight excluding hydrogens is 360 g/mol. The molecular formula is C21H26N2O5. The Morgan fingerprint density at radius 1 is 0.821 bits per heavy atom. The molecule has 7 heteroatoms. The highest BCUT2D eigenvalue weighted by atomic mass is 16.5. The molecule has 2 rings (SSSR count). The molecule has 0 heterocycles. The Morgan fingerprint density at radius 2 is 1.36 bits per heavy atom. The summed E-state index contributed by atoms with van der Waals surface area (Å²) < 4.78 is 15.9. The molecule has 150 valence electrons. The highest BCUT2D eigenvalue weighted by Crippen LogP contribution is 2.22. The van der Waals surface area contributed by atoms with Crippen LogP contribution in [0.1, 0.15) is 41.0 Å². The first-order chi connectivity index (χ1) is 13.4. The van der Waals surface area contributed by atoms with Gasteiger partial charge in [-0.25, -0.2) is 0 Å². The molecule has 0 aliphatic rings. The Balaban J connectivity index is 1.92. The summed E-state index contributed by atoms with van der Waals surface area (Å²) in [7, 11) is 2.99. The van der Waals surface area contributed by atoms with Gasteiger partial charge in [-0.2, -0.15) is 0 Å². The van der Waals surface area contributed by atoms with Gasteiger partial charge in [0.15, 0.2) is 0 Å². The van der Waals surface area contributed by atoms with E-state index in [1.54, 1.807) is 42.5 Å². The number of rotatable bonds is 8. The predicted molar refractivity (Wildman–Crippen MR) is 106 cm³/mol. The molecule has 0 aliphatic carbocycles. The van der Waals surface area contributed by atoms with Gasteiger partial charge in [0.05, 0.1) is 20.8 Å². The number of carbonyl (C=O) groups excluding carboxylic acids is 2. The van der Waals surface area contributed by atoms with E-state index in [-0.39, 0.29) is 0 Å². The zero-order valence-corrected chi connectivity index (χ0v) is 16.6. The van der Waals surface area contributed by atoms with Crippen molar-refractivity contribution in [2.45, 2.75) is 20.3 Å². The monoisotopic (exact) mass is 386 g/mol. The van der Waals surface area contributed by atoms with Crippen molar-refractivity contribution >= 4 is 11.8 Å². The largest absolute Gasteiger partial charge is 0.497 e. The molecule has 2 amide bonds. The number of methoxy groups -OCH3 is 2. The quantitative estimate of drug-likeness (QED) is 0.681. The summed E-state index contributed by atoms with van der Waals surface area (Å²) in [6.45, 7) is 4.89. The summed E-state index contributed by atoms with van der Waals surface area (Å²) >= 11 is 0. The zero-order chi connectivity index (χ0) is 20.5. The molecule has 0 unspecified atom stereocenters. The van der Waals surface area contributed by atoms with Crippen LogP contribution in [0.2, 0.25) is 0 Å². The summed E-state index contributed by atoms with van der Waals surface area (Å²) in [5.74, 6) is 1.30. The third-order valence-electron chi connectivity index (χ3n) is 3.98. The van der Waals surface area contributed by atoms with E-state index < -0.39 is 11.8 Å². The molecule has 2 aromatic carbocycles. The second kappa shape index (κ2) is 10.2. The SMILES string of the molecule is COc1cc(OC)cc(C(=O)NNC(=O)c2ccc(OCCC(C)C)cc2)c1. The lowest BCUT2D eigenvalue weighted by atomic mass is 10.1. The minimum Gasteiger partial charge on any atom is -0.497 e. The van der Waals surface area contributed by atoms with E-state index in [9.17, 15) is 9.59 Å². The van der Waals surface area contributed by atoms with Gasteiger partial charge in [0, 0.05) is 17.2 Å². The Bertz CT molecular complexity index is 781. The van der Waals surface area contributed by atoms with E-state index >= 15 is 0 Å². The minimum atomic E-state index is -0.487. The van der Waals surface area contributed by atoms with Crippen molar-refractivity contribution in [3.63, 3.8) is 0 Å². The molecule has 0 saturated carbocycles. The summed E-state index contributed by atoms with van der Waals surface area (Å²) in [5, 5.41) is 0. The highest BCUT2D eigenvalue weighted by Gasteiger charge is 2.12. The fraction of sp³-hybridized carbons (Fsp3) is 0.333. The molecule has 0 fully saturated rings. The molecule has 7 nitrogen and oxygen atoms in total. The predicted octanol–water partition coefficient (Wildman–Crippen LogP) is 3.20. The van der Waals surface area contributed by atoms with Crippen molar-refractivity contribution < 1.29 is 23.8 Å². The molecule has 0 spiro atoms. The van der Waals surface area contributed by atoms with Crippen LogP contribution < -0.4 is 25.1 Å². The lowest BCUT2D eigenvalue weighted by Crippen LogP contribution is -2.41. The first-order valence-electron chi connectivity index (χ1n) is 8.99. The molecule has 0 saturated heterocycles. The topological polar surface area (TPSA) is 85.9 Å². The van der Waals surface area contributed by atoms with Gasteiger partial charge in [0.25, 0.3) is 11.8 Å². The van der Waals surface area contributed by atoms with Crippen LogP contribution in [0.25, 0.3) is 0 Å². The third-order valence-corrected chi connectivity index (χ3v) is 3.98. The number of amides is 2. The Hall–Kier alpha value is -3.22. The fourth-order valence-corrected chi connectivity index (χ4v) is 2.31. The number of hydrogen-bond donors (Lipinski definition) is 2. The normalized spacial score (nSPS) is 10.3. The number of benzene rings is 2. The van der Waals surface area contributed by atoms with Gasteiger partial charge in [-0.3, -0.25) is 20.4 Å². The lowest BCUT2D eigenvalue weighted by molar-refractivity contribution is 0.0846. The zero-order valence-electron chi connectivity index (χ0n) is 16.6. The standard InChI is InChI=1S/C21H26N2O5/c1-14(2)9-10-28-17-7-5-15(6-8-17)20(24)22-23-21(25)16-11-18(26-3)13-19(12-16)27-4/h5-8,11-14H,9-10H2,1-4H3,(H,22,24)(H,23,25). The van der Waals surface area contributed by atoms with Gasteiger partial charge in [-0.1, -0.05) is 13.8 Å². The molecule has 28 heavy (non-hydrogen) atoms. The molecule has 0 atom stereocenters. The lowest BCUT2D eigenvalue weighted by Gasteiger charge is -2.11. The van der Waals surface area contributed by atoms with Crippen LogP contribution in [0.5, 0.6) is 17.2 Å². The van der Waals surface area contributed by atoms with Crippen molar-refractivity contribution in [2.24, 2.45) is 5.92 Å². The van der Waals surface area contributed by atoms with Crippen molar-refractivity contribution in [2.75, 3.05) is 20.8 Å². The van der Waals surface area contributed by atoms with Gasteiger partial charge in [-0.15, -0.1) is 0 Å². The highest BCUT2D eigenvalue weighted by molar-refractivity contribution is 5.99. The maximum atomic E-state index is 12.3. The van der Waals surface area contributed by atoms with Crippen molar-refractivity contribution in [3.05, 3.63) is 53.6 Å². The van der Waals surface area contributed by atoms with Gasteiger partial charge >= 0.3 is 0 Å². The molecule has 2 aromatic rings.